The molecule has 0 amide bonds. The van der Waals surface area contributed by atoms with Gasteiger partial charge in [-0.3, -0.25) is 4.99 Å². The Morgan fingerprint density at radius 2 is 2.00 bits per heavy atom. The van der Waals surface area contributed by atoms with E-state index < -0.39 is 0 Å². The van der Waals surface area contributed by atoms with Gasteiger partial charge in [0, 0.05) is 20.2 Å². The van der Waals surface area contributed by atoms with Gasteiger partial charge in [-0.25, -0.2) is 0 Å². The molecule has 0 spiro atoms. The Morgan fingerprint density at radius 1 is 1.29 bits per heavy atom. The van der Waals surface area contributed by atoms with Gasteiger partial charge in [0.2, 0.25) is 0 Å². The predicted molar refractivity (Wildman–Crippen MR) is 110 cm³/mol. The van der Waals surface area contributed by atoms with Crippen molar-refractivity contribution < 1.29 is 9.47 Å². The van der Waals surface area contributed by atoms with Crippen LogP contribution in [0.25, 0.3) is 0 Å². The molecule has 1 heterocycles. The van der Waals surface area contributed by atoms with E-state index in [1.807, 2.05) is 6.07 Å². The molecule has 2 rings (SSSR count). The summed E-state index contributed by atoms with van der Waals surface area (Å²) in [6.07, 6.45) is 2.22. The summed E-state index contributed by atoms with van der Waals surface area (Å²) in [5.74, 6) is 1.76. The van der Waals surface area contributed by atoms with Crippen molar-refractivity contribution >= 4 is 29.9 Å². The monoisotopic (exact) mass is 447 g/mol. The number of nitrogens with zero attached hydrogens (tertiary/aromatic N) is 1. The van der Waals surface area contributed by atoms with Gasteiger partial charge in [-0.1, -0.05) is 18.2 Å². The summed E-state index contributed by atoms with van der Waals surface area (Å²) < 4.78 is 11.7. The zero-order chi connectivity index (χ0) is 16.7. The molecule has 2 N–H and O–H groups in total. The van der Waals surface area contributed by atoms with Crippen LogP contribution in [0.4, 0.5) is 0 Å². The molecule has 24 heavy (non-hydrogen) atoms. The molecule has 136 valence electrons. The van der Waals surface area contributed by atoms with Crippen molar-refractivity contribution in [3.63, 3.8) is 0 Å². The van der Waals surface area contributed by atoms with E-state index in [2.05, 4.69) is 48.5 Å². The third kappa shape index (κ3) is 6.12. The second-order valence-electron chi connectivity index (χ2n) is 6.32. The highest BCUT2D eigenvalue weighted by Crippen LogP contribution is 2.24. The lowest BCUT2D eigenvalue weighted by molar-refractivity contribution is 0.0243. The molecule has 0 saturated carbocycles. The molecular formula is C18H30IN3O2. The van der Waals surface area contributed by atoms with Gasteiger partial charge in [0.25, 0.3) is 0 Å². The fourth-order valence-electron chi connectivity index (χ4n) is 2.82. The average Bonchev–Trinajstić information content (AvgIpc) is 2.96. The Labute approximate surface area is 162 Å². The highest BCUT2D eigenvalue weighted by atomic mass is 127. The molecule has 1 unspecified atom stereocenters. The third-order valence-corrected chi connectivity index (χ3v) is 4.20. The van der Waals surface area contributed by atoms with Gasteiger partial charge in [-0.15, -0.1) is 24.0 Å². The first-order valence-electron chi connectivity index (χ1n) is 8.31. The van der Waals surface area contributed by atoms with Gasteiger partial charge in [-0.05, 0) is 44.7 Å². The number of hydrogen-bond acceptors (Lipinski definition) is 3. The van der Waals surface area contributed by atoms with Crippen molar-refractivity contribution in [2.45, 2.75) is 39.2 Å². The Kier molecular flexibility index (Phi) is 8.83. The molecule has 0 radical (unpaired) electrons. The Morgan fingerprint density at radius 3 is 2.58 bits per heavy atom. The molecule has 0 bridgehead atoms. The number of rotatable bonds is 6. The lowest BCUT2D eigenvalue weighted by Crippen LogP contribution is -2.46. The van der Waals surface area contributed by atoms with E-state index in [0.717, 1.165) is 37.7 Å². The molecule has 1 aliphatic rings. The van der Waals surface area contributed by atoms with E-state index in [-0.39, 0.29) is 29.6 Å². The van der Waals surface area contributed by atoms with Crippen LogP contribution in [0.3, 0.4) is 0 Å². The van der Waals surface area contributed by atoms with Gasteiger partial charge in [0.05, 0.1) is 12.1 Å². The summed E-state index contributed by atoms with van der Waals surface area (Å²) in [5.41, 5.74) is 2.25. The fraction of sp³-hybridized carbons (Fsp3) is 0.611. The van der Waals surface area contributed by atoms with Crippen molar-refractivity contribution in [1.29, 1.82) is 0 Å². The molecule has 1 aromatic carbocycles. The topological polar surface area (TPSA) is 54.9 Å². The number of aliphatic imine (C=N–C) groups is 1. The van der Waals surface area contributed by atoms with Crippen LogP contribution in [-0.2, 0) is 4.74 Å². The number of nitrogens with one attached hydrogen (secondary N) is 2. The van der Waals surface area contributed by atoms with Crippen LogP contribution in [0.1, 0.15) is 30.9 Å². The SMILES string of the molecule is CN=C(NCCOc1c(C)cccc1C)NCC1(C)CCCO1.I. The number of benzene rings is 1. The van der Waals surface area contributed by atoms with Crippen molar-refractivity contribution in [3.8, 4) is 5.75 Å². The van der Waals surface area contributed by atoms with Crippen LogP contribution in [0.2, 0.25) is 0 Å². The summed E-state index contributed by atoms with van der Waals surface area (Å²) in [7, 11) is 1.78. The minimum atomic E-state index is -0.0770. The van der Waals surface area contributed by atoms with Crippen molar-refractivity contribution in [2.24, 2.45) is 4.99 Å². The molecule has 5 nitrogen and oxygen atoms in total. The van der Waals surface area contributed by atoms with Crippen molar-refractivity contribution in [3.05, 3.63) is 29.3 Å². The Bertz CT molecular complexity index is 523. The number of ether oxygens (including phenoxy) is 2. The maximum atomic E-state index is 5.89. The van der Waals surface area contributed by atoms with Crippen LogP contribution in [0, 0.1) is 13.8 Å². The molecule has 1 aliphatic heterocycles. The van der Waals surface area contributed by atoms with Gasteiger partial charge in [0.15, 0.2) is 5.96 Å². The zero-order valence-electron chi connectivity index (χ0n) is 15.1. The summed E-state index contributed by atoms with van der Waals surface area (Å²) in [5, 5.41) is 6.61. The van der Waals surface area contributed by atoms with Crippen LogP contribution < -0.4 is 15.4 Å². The van der Waals surface area contributed by atoms with Gasteiger partial charge in [0.1, 0.15) is 12.4 Å². The highest BCUT2D eigenvalue weighted by Gasteiger charge is 2.29. The summed E-state index contributed by atoms with van der Waals surface area (Å²) in [6, 6.07) is 6.18. The Hall–Kier alpha value is -1.02. The van der Waals surface area contributed by atoms with E-state index in [1.54, 1.807) is 7.05 Å². The molecular weight excluding hydrogens is 417 g/mol. The minimum absolute atomic E-state index is 0. The lowest BCUT2D eigenvalue weighted by atomic mass is 10.0. The fourth-order valence-corrected chi connectivity index (χ4v) is 2.82. The number of aryl methyl sites for hydroxylation is 2. The van der Waals surface area contributed by atoms with Gasteiger partial charge in [-0.2, -0.15) is 0 Å². The largest absolute Gasteiger partial charge is 0.491 e. The van der Waals surface area contributed by atoms with Crippen molar-refractivity contribution in [1.82, 2.24) is 10.6 Å². The van der Waals surface area contributed by atoms with E-state index >= 15 is 0 Å². The summed E-state index contributed by atoms with van der Waals surface area (Å²) in [4.78, 5) is 4.24. The normalized spacial score (nSPS) is 20.4. The van der Waals surface area contributed by atoms with Crippen LogP contribution in [-0.4, -0.2) is 44.9 Å². The van der Waals surface area contributed by atoms with E-state index in [1.165, 1.54) is 11.1 Å². The average molecular weight is 447 g/mol. The number of guanidine groups is 1. The van der Waals surface area contributed by atoms with Crippen LogP contribution >= 0.6 is 24.0 Å². The Balaban J connectivity index is 0.00000288. The quantitative estimate of drug-likeness (QED) is 0.305. The van der Waals surface area contributed by atoms with E-state index in [9.17, 15) is 0 Å². The molecule has 1 fully saturated rings. The zero-order valence-corrected chi connectivity index (χ0v) is 17.5. The van der Waals surface area contributed by atoms with Gasteiger partial charge < -0.3 is 20.1 Å². The maximum absolute atomic E-state index is 5.89. The second kappa shape index (κ2) is 10.1. The predicted octanol–water partition coefficient (Wildman–Crippen LogP) is 3.03. The van der Waals surface area contributed by atoms with Crippen LogP contribution in [0.15, 0.2) is 23.2 Å². The minimum Gasteiger partial charge on any atom is -0.491 e. The molecule has 6 heteroatoms. The molecule has 0 aliphatic carbocycles. The second-order valence-corrected chi connectivity index (χ2v) is 6.32. The standard InChI is InChI=1S/C18H29N3O2.HI/c1-14-7-5-8-15(2)16(14)22-12-10-20-17(19-4)21-13-18(3)9-6-11-23-18;/h5,7-8H,6,9-13H2,1-4H3,(H2,19,20,21);1H. The molecule has 1 aromatic rings. The molecule has 0 aromatic heterocycles. The summed E-state index contributed by atoms with van der Waals surface area (Å²) in [6.45, 7) is 9.20. The number of halogens is 1. The molecule has 1 atom stereocenters. The number of hydrogen-bond donors (Lipinski definition) is 2. The number of para-hydroxylation sites is 1. The summed E-state index contributed by atoms with van der Waals surface area (Å²) >= 11 is 0. The van der Waals surface area contributed by atoms with E-state index in [0.29, 0.717) is 13.2 Å². The van der Waals surface area contributed by atoms with Crippen LogP contribution in [0.5, 0.6) is 5.75 Å². The third-order valence-electron chi connectivity index (χ3n) is 4.20. The molecule has 1 saturated heterocycles. The van der Waals surface area contributed by atoms with E-state index in [4.69, 9.17) is 9.47 Å². The van der Waals surface area contributed by atoms with Crippen molar-refractivity contribution in [2.75, 3.05) is 33.4 Å². The lowest BCUT2D eigenvalue weighted by Gasteiger charge is -2.24. The first-order chi connectivity index (χ1) is 11.0. The highest BCUT2D eigenvalue weighted by molar-refractivity contribution is 14.0. The smallest absolute Gasteiger partial charge is 0.191 e. The first kappa shape index (κ1) is 21.0. The van der Waals surface area contributed by atoms with Gasteiger partial charge >= 0.3 is 0 Å². The maximum Gasteiger partial charge on any atom is 0.191 e. The first-order valence-corrected chi connectivity index (χ1v) is 8.31.